The minimum Gasteiger partial charge on any atom is -0.497 e. The highest BCUT2D eigenvalue weighted by molar-refractivity contribution is 9.09. The molecule has 0 bridgehead atoms. The molecule has 1 aliphatic rings. The fourth-order valence-corrected chi connectivity index (χ4v) is 4.00. The van der Waals surface area contributed by atoms with Gasteiger partial charge in [0, 0.05) is 5.92 Å². The van der Waals surface area contributed by atoms with E-state index < -0.39 is 6.10 Å². The van der Waals surface area contributed by atoms with E-state index in [0.717, 1.165) is 22.4 Å². The summed E-state index contributed by atoms with van der Waals surface area (Å²) in [5, 5.41) is 11.5. The van der Waals surface area contributed by atoms with Crippen LogP contribution in [-0.2, 0) is 0 Å². The molecule has 3 atom stereocenters. The van der Waals surface area contributed by atoms with Crippen LogP contribution in [0, 0.1) is 0 Å². The Morgan fingerprint density at radius 3 is 2.48 bits per heavy atom. The Bertz CT molecular complexity index is 690. The molecular weight excluding hydrogens is 375 g/mol. The van der Waals surface area contributed by atoms with Crippen LogP contribution in [0.1, 0.15) is 28.7 Å². The highest BCUT2D eigenvalue weighted by Crippen LogP contribution is 2.49. The molecule has 0 aliphatic heterocycles. The molecular formula is C16H13BrCl2O2. The molecule has 1 N–H and O–H groups in total. The molecule has 0 amide bonds. The number of aliphatic hydroxyl groups is 1. The summed E-state index contributed by atoms with van der Waals surface area (Å²) in [5.41, 5.74) is 2.98. The minimum atomic E-state index is -0.588. The number of hydrogen-bond acceptors (Lipinski definition) is 2. The highest BCUT2D eigenvalue weighted by atomic mass is 79.9. The number of ether oxygens (including phenoxy) is 1. The summed E-state index contributed by atoms with van der Waals surface area (Å²) >= 11 is 15.7. The lowest BCUT2D eigenvalue weighted by molar-refractivity contribution is 0.184. The summed E-state index contributed by atoms with van der Waals surface area (Å²) in [6, 6.07) is 11.4. The van der Waals surface area contributed by atoms with Gasteiger partial charge in [-0.25, -0.2) is 0 Å². The number of benzene rings is 2. The van der Waals surface area contributed by atoms with Crippen molar-refractivity contribution in [3.63, 3.8) is 0 Å². The van der Waals surface area contributed by atoms with Gasteiger partial charge in [-0.2, -0.15) is 0 Å². The minimum absolute atomic E-state index is 0.0238. The van der Waals surface area contributed by atoms with E-state index in [1.807, 2.05) is 30.3 Å². The number of methoxy groups -OCH3 is 1. The largest absolute Gasteiger partial charge is 0.497 e. The third-order valence-corrected chi connectivity index (χ3v) is 5.64. The fraction of sp³-hybridized carbons (Fsp3) is 0.250. The van der Waals surface area contributed by atoms with Gasteiger partial charge >= 0.3 is 0 Å². The summed E-state index contributed by atoms with van der Waals surface area (Å²) in [7, 11) is 1.62. The maximum absolute atomic E-state index is 10.5. The molecule has 110 valence electrons. The van der Waals surface area contributed by atoms with E-state index in [2.05, 4.69) is 15.9 Å². The van der Waals surface area contributed by atoms with Crippen LogP contribution in [0.4, 0.5) is 0 Å². The summed E-state index contributed by atoms with van der Waals surface area (Å²) in [6.07, 6.45) is -0.588. The van der Waals surface area contributed by atoms with Gasteiger partial charge < -0.3 is 9.84 Å². The Balaban J connectivity index is 2.10. The molecule has 0 fully saturated rings. The van der Waals surface area contributed by atoms with Crippen molar-refractivity contribution in [1.29, 1.82) is 0 Å². The van der Waals surface area contributed by atoms with Gasteiger partial charge in [0.1, 0.15) is 5.75 Å². The molecule has 0 spiro atoms. The molecule has 0 aromatic heterocycles. The van der Waals surface area contributed by atoms with Crippen molar-refractivity contribution in [1.82, 2.24) is 0 Å². The van der Waals surface area contributed by atoms with Crippen LogP contribution in [0.25, 0.3) is 0 Å². The predicted octanol–water partition coefficient (Wildman–Crippen LogP) is 4.94. The first-order chi connectivity index (χ1) is 10.0. The first kappa shape index (κ1) is 15.2. The van der Waals surface area contributed by atoms with Gasteiger partial charge in [0.2, 0.25) is 0 Å². The van der Waals surface area contributed by atoms with Gasteiger partial charge in [-0.05, 0) is 41.0 Å². The van der Waals surface area contributed by atoms with Crippen LogP contribution in [0.15, 0.2) is 36.4 Å². The van der Waals surface area contributed by atoms with Gasteiger partial charge in [-0.3, -0.25) is 0 Å². The molecule has 2 aromatic rings. The summed E-state index contributed by atoms with van der Waals surface area (Å²) in [5.74, 6) is 0.762. The molecule has 2 nitrogen and oxygen atoms in total. The van der Waals surface area contributed by atoms with Crippen LogP contribution in [-0.4, -0.2) is 17.0 Å². The van der Waals surface area contributed by atoms with Gasteiger partial charge in [0.05, 0.1) is 28.1 Å². The lowest BCUT2D eigenvalue weighted by atomic mass is 9.93. The SMILES string of the molecule is COc1ccc2c(c1)[C@H](O)[C@H](Br)[C@@H]2c1ccc(Cl)c(Cl)c1. The first-order valence-corrected chi connectivity index (χ1v) is 8.15. The van der Waals surface area contributed by atoms with Gasteiger partial charge in [-0.1, -0.05) is 51.3 Å². The molecule has 2 aromatic carbocycles. The normalized spacial score (nSPS) is 24.0. The Labute approximate surface area is 141 Å². The van der Waals surface area contributed by atoms with Crippen LogP contribution < -0.4 is 4.74 Å². The number of hydrogen-bond donors (Lipinski definition) is 1. The van der Waals surface area contributed by atoms with Crippen LogP contribution >= 0.6 is 39.1 Å². The van der Waals surface area contributed by atoms with Crippen LogP contribution in [0.5, 0.6) is 5.75 Å². The van der Waals surface area contributed by atoms with E-state index in [1.165, 1.54) is 0 Å². The van der Waals surface area contributed by atoms with E-state index in [1.54, 1.807) is 13.2 Å². The molecule has 0 saturated heterocycles. The zero-order valence-electron chi connectivity index (χ0n) is 11.2. The van der Waals surface area contributed by atoms with E-state index in [9.17, 15) is 5.11 Å². The van der Waals surface area contributed by atoms with Crippen molar-refractivity contribution in [2.24, 2.45) is 0 Å². The maximum Gasteiger partial charge on any atom is 0.119 e. The second-order valence-corrected chi connectivity index (χ2v) is 6.91. The van der Waals surface area contributed by atoms with Gasteiger partial charge in [0.15, 0.2) is 0 Å². The fourth-order valence-electron chi connectivity index (χ4n) is 2.81. The van der Waals surface area contributed by atoms with Crippen molar-refractivity contribution < 1.29 is 9.84 Å². The lowest BCUT2D eigenvalue weighted by Gasteiger charge is -2.18. The second-order valence-electron chi connectivity index (χ2n) is 5.04. The summed E-state index contributed by atoms with van der Waals surface area (Å²) in [6.45, 7) is 0. The maximum atomic E-state index is 10.5. The molecule has 3 rings (SSSR count). The monoisotopic (exact) mass is 386 g/mol. The average molecular weight is 388 g/mol. The van der Waals surface area contributed by atoms with E-state index in [4.69, 9.17) is 27.9 Å². The third-order valence-electron chi connectivity index (χ3n) is 3.87. The molecule has 0 unspecified atom stereocenters. The summed E-state index contributed by atoms with van der Waals surface area (Å²) < 4.78 is 5.23. The number of halogens is 3. The smallest absolute Gasteiger partial charge is 0.119 e. The topological polar surface area (TPSA) is 29.5 Å². The van der Waals surface area contributed by atoms with Crippen molar-refractivity contribution in [2.75, 3.05) is 7.11 Å². The zero-order valence-corrected chi connectivity index (χ0v) is 14.3. The average Bonchev–Trinajstić information content (AvgIpc) is 2.74. The number of rotatable bonds is 2. The Morgan fingerprint density at radius 1 is 1.05 bits per heavy atom. The summed E-state index contributed by atoms with van der Waals surface area (Å²) in [4.78, 5) is -0.114. The van der Waals surface area contributed by atoms with Gasteiger partial charge in [-0.15, -0.1) is 0 Å². The molecule has 0 saturated carbocycles. The van der Waals surface area contributed by atoms with E-state index >= 15 is 0 Å². The lowest BCUT2D eigenvalue weighted by Crippen LogP contribution is -2.12. The predicted molar refractivity (Wildman–Crippen MR) is 89.0 cm³/mol. The van der Waals surface area contributed by atoms with Gasteiger partial charge in [0.25, 0.3) is 0 Å². The molecule has 5 heteroatoms. The molecule has 21 heavy (non-hydrogen) atoms. The number of aliphatic hydroxyl groups excluding tert-OH is 1. The van der Waals surface area contributed by atoms with Crippen molar-refractivity contribution >= 4 is 39.1 Å². The second kappa shape index (κ2) is 5.81. The van der Waals surface area contributed by atoms with Crippen molar-refractivity contribution in [2.45, 2.75) is 16.8 Å². The molecule has 0 heterocycles. The van der Waals surface area contributed by atoms with Crippen molar-refractivity contribution in [3.05, 3.63) is 63.1 Å². The molecule has 1 aliphatic carbocycles. The first-order valence-electron chi connectivity index (χ1n) is 6.48. The zero-order chi connectivity index (χ0) is 15.1. The van der Waals surface area contributed by atoms with E-state index in [-0.39, 0.29) is 10.7 Å². The standard InChI is InChI=1S/C16H13BrCl2O2/c1-21-9-3-4-10-11(7-9)16(20)15(17)14(10)8-2-5-12(18)13(19)6-8/h2-7,14-16,20H,1H3/t14-,15-,16+/m1/s1. The highest BCUT2D eigenvalue weighted by Gasteiger charge is 2.39. The molecule has 0 radical (unpaired) electrons. The number of alkyl halides is 1. The van der Waals surface area contributed by atoms with Crippen LogP contribution in [0.3, 0.4) is 0 Å². The number of fused-ring (bicyclic) bond motifs is 1. The Morgan fingerprint density at radius 2 is 1.81 bits per heavy atom. The Hall–Kier alpha value is -0.740. The quantitative estimate of drug-likeness (QED) is 0.739. The van der Waals surface area contributed by atoms with E-state index in [0.29, 0.717) is 10.0 Å². The third kappa shape index (κ3) is 2.57. The Kier molecular flexibility index (Phi) is 4.19. The van der Waals surface area contributed by atoms with Crippen LogP contribution in [0.2, 0.25) is 10.0 Å². The van der Waals surface area contributed by atoms with Crippen molar-refractivity contribution in [3.8, 4) is 5.75 Å².